The molecule has 0 radical (unpaired) electrons. The van der Waals surface area contributed by atoms with Crippen molar-refractivity contribution in [2.75, 3.05) is 27.2 Å². The van der Waals surface area contributed by atoms with Gasteiger partial charge in [0, 0.05) is 19.3 Å². The summed E-state index contributed by atoms with van der Waals surface area (Å²) in [7, 11) is 3.68. The number of rotatable bonds is 3. The van der Waals surface area contributed by atoms with Crippen LogP contribution < -0.4 is 10.2 Å². The molecule has 1 aromatic heterocycles. The molecule has 17 heavy (non-hydrogen) atoms. The molecule has 2 heterocycles. The lowest BCUT2D eigenvalue weighted by molar-refractivity contribution is 0.207. The lowest BCUT2D eigenvalue weighted by atomic mass is 9.96. The molecule has 1 atom stereocenters. The first-order valence-corrected chi connectivity index (χ1v) is 6.24. The predicted octanol–water partition coefficient (Wildman–Crippen LogP) is 1.79. The molecule has 1 saturated heterocycles. The van der Waals surface area contributed by atoms with Crippen LogP contribution in [0.1, 0.15) is 30.7 Å². The van der Waals surface area contributed by atoms with Gasteiger partial charge in [-0.25, -0.2) is 5.01 Å². The van der Waals surface area contributed by atoms with E-state index in [9.17, 15) is 0 Å². The number of pyridine rings is 1. The number of methoxy groups -OCH3 is 1. The summed E-state index contributed by atoms with van der Waals surface area (Å²) in [4.78, 5) is 4.25. The van der Waals surface area contributed by atoms with Crippen LogP contribution in [0.4, 0.5) is 0 Å². The van der Waals surface area contributed by atoms with Gasteiger partial charge in [0.05, 0.1) is 13.3 Å². The van der Waals surface area contributed by atoms with Crippen LogP contribution >= 0.6 is 0 Å². The molecular formula is C13H21N3O. The zero-order valence-electron chi connectivity index (χ0n) is 10.6. The Hall–Kier alpha value is -1.13. The molecule has 2 rings (SSSR count). The van der Waals surface area contributed by atoms with Crippen molar-refractivity contribution in [3.63, 3.8) is 0 Å². The molecule has 1 N–H and O–H groups in total. The fourth-order valence-corrected chi connectivity index (χ4v) is 2.39. The van der Waals surface area contributed by atoms with Crippen LogP contribution in [0.3, 0.4) is 0 Å². The van der Waals surface area contributed by atoms with E-state index in [0.29, 0.717) is 5.92 Å². The minimum absolute atomic E-state index is 0.549. The van der Waals surface area contributed by atoms with Crippen LogP contribution in [0.15, 0.2) is 18.5 Å². The second kappa shape index (κ2) is 5.98. The number of nitrogens with zero attached hydrogens (tertiary/aromatic N) is 2. The van der Waals surface area contributed by atoms with E-state index in [0.717, 1.165) is 18.8 Å². The second-order valence-electron chi connectivity index (χ2n) is 4.52. The van der Waals surface area contributed by atoms with E-state index in [-0.39, 0.29) is 0 Å². The molecule has 94 valence electrons. The lowest BCUT2D eigenvalue weighted by Gasteiger charge is -2.23. The molecule has 1 fully saturated rings. The van der Waals surface area contributed by atoms with Crippen LogP contribution in [0, 0.1) is 0 Å². The maximum atomic E-state index is 5.24. The second-order valence-corrected chi connectivity index (χ2v) is 4.52. The molecule has 4 heteroatoms. The largest absolute Gasteiger partial charge is 0.495 e. The number of ether oxygens (including phenoxy) is 1. The third kappa shape index (κ3) is 3.17. The molecule has 0 bridgehead atoms. The topological polar surface area (TPSA) is 37.4 Å². The van der Waals surface area contributed by atoms with E-state index in [1.165, 1.54) is 24.8 Å². The summed E-state index contributed by atoms with van der Waals surface area (Å²) in [5.74, 6) is 1.40. The summed E-state index contributed by atoms with van der Waals surface area (Å²) in [6.07, 6.45) is 7.49. The Bertz CT molecular complexity index is 356. The van der Waals surface area contributed by atoms with Gasteiger partial charge in [0.15, 0.2) is 0 Å². The number of aromatic nitrogens is 1. The van der Waals surface area contributed by atoms with Crippen molar-refractivity contribution in [1.29, 1.82) is 0 Å². The van der Waals surface area contributed by atoms with Crippen molar-refractivity contribution in [1.82, 2.24) is 15.4 Å². The number of hydrazine groups is 1. The van der Waals surface area contributed by atoms with E-state index in [4.69, 9.17) is 4.74 Å². The fraction of sp³-hybridized carbons (Fsp3) is 0.615. The summed E-state index contributed by atoms with van der Waals surface area (Å²) in [6, 6.07) is 2.11. The summed E-state index contributed by atoms with van der Waals surface area (Å²) < 4.78 is 5.24. The molecule has 1 aliphatic heterocycles. The van der Waals surface area contributed by atoms with E-state index in [1.807, 2.05) is 13.2 Å². The van der Waals surface area contributed by atoms with Gasteiger partial charge in [0.2, 0.25) is 0 Å². The Morgan fingerprint density at radius 2 is 2.29 bits per heavy atom. The fourth-order valence-electron chi connectivity index (χ4n) is 2.39. The van der Waals surface area contributed by atoms with Crippen molar-refractivity contribution >= 4 is 0 Å². The average molecular weight is 235 g/mol. The molecule has 0 saturated carbocycles. The Morgan fingerprint density at radius 1 is 1.41 bits per heavy atom. The minimum Gasteiger partial charge on any atom is -0.495 e. The van der Waals surface area contributed by atoms with Gasteiger partial charge in [-0.3, -0.25) is 10.4 Å². The van der Waals surface area contributed by atoms with Crippen LogP contribution in [0.2, 0.25) is 0 Å². The molecule has 0 aliphatic carbocycles. The van der Waals surface area contributed by atoms with Crippen molar-refractivity contribution in [2.24, 2.45) is 0 Å². The monoisotopic (exact) mass is 235 g/mol. The molecule has 0 unspecified atom stereocenters. The van der Waals surface area contributed by atoms with Crippen LogP contribution in [0.5, 0.6) is 5.75 Å². The Balaban J connectivity index is 2.13. The summed E-state index contributed by atoms with van der Waals surface area (Å²) in [5.41, 5.74) is 4.54. The van der Waals surface area contributed by atoms with Gasteiger partial charge < -0.3 is 4.74 Å². The van der Waals surface area contributed by atoms with Crippen LogP contribution in [-0.4, -0.2) is 37.2 Å². The number of nitrogens with one attached hydrogen (secondary N) is 1. The van der Waals surface area contributed by atoms with Crippen molar-refractivity contribution < 1.29 is 4.74 Å². The van der Waals surface area contributed by atoms with E-state index >= 15 is 0 Å². The van der Waals surface area contributed by atoms with Gasteiger partial charge in [0.25, 0.3) is 0 Å². The van der Waals surface area contributed by atoms with Crippen molar-refractivity contribution in [3.8, 4) is 5.75 Å². The van der Waals surface area contributed by atoms with Gasteiger partial charge in [-0.15, -0.1) is 0 Å². The maximum absolute atomic E-state index is 5.24. The lowest BCUT2D eigenvalue weighted by Crippen LogP contribution is -2.37. The highest BCUT2D eigenvalue weighted by Crippen LogP contribution is 2.27. The number of hydrogen-bond acceptors (Lipinski definition) is 4. The SMILES string of the molecule is CNN1CCCC[C@H](c2cncc(OC)c2)C1. The van der Waals surface area contributed by atoms with Crippen LogP contribution in [-0.2, 0) is 0 Å². The first kappa shape index (κ1) is 12.3. The first-order chi connectivity index (χ1) is 8.33. The molecule has 1 aromatic rings. The highest BCUT2D eigenvalue weighted by atomic mass is 16.5. The Labute approximate surface area is 103 Å². The molecule has 0 amide bonds. The molecular weight excluding hydrogens is 214 g/mol. The van der Waals surface area contributed by atoms with E-state index in [2.05, 4.69) is 21.5 Å². The van der Waals surface area contributed by atoms with Gasteiger partial charge in [-0.1, -0.05) is 6.42 Å². The maximum Gasteiger partial charge on any atom is 0.137 e. The van der Waals surface area contributed by atoms with E-state index < -0.39 is 0 Å². The van der Waals surface area contributed by atoms with Gasteiger partial charge in [0.1, 0.15) is 5.75 Å². The predicted molar refractivity (Wildman–Crippen MR) is 68.0 cm³/mol. The van der Waals surface area contributed by atoms with Crippen molar-refractivity contribution in [2.45, 2.75) is 25.2 Å². The van der Waals surface area contributed by atoms with E-state index in [1.54, 1.807) is 13.3 Å². The highest BCUT2D eigenvalue weighted by Gasteiger charge is 2.19. The Kier molecular flexibility index (Phi) is 4.34. The number of hydrogen-bond donors (Lipinski definition) is 1. The Morgan fingerprint density at radius 3 is 3.06 bits per heavy atom. The van der Waals surface area contributed by atoms with Crippen molar-refractivity contribution in [3.05, 3.63) is 24.0 Å². The average Bonchev–Trinajstić information content (AvgIpc) is 2.64. The molecule has 0 spiro atoms. The zero-order valence-corrected chi connectivity index (χ0v) is 10.6. The normalized spacial score (nSPS) is 22.1. The highest BCUT2D eigenvalue weighted by molar-refractivity contribution is 5.26. The standard InChI is InChI=1S/C13H21N3O/c1-14-16-6-4-3-5-11(10-16)12-7-13(17-2)9-15-8-12/h7-9,11,14H,3-6,10H2,1-2H3/t11-/m0/s1. The minimum atomic E-state index is 0.549. The quantitative estimate of drug-likeness (QED) is 0.867. The molecule has 4 nitrogen and oxygen atoms in total. The van der Waals surface area contributed by atoms with Gasteiger partial charge in [-0.2, -0.15) is 0 Å². The zero-order chi connectivity index (χ0) is 12.1. The van der Waals surface area contributed by atoms with Gasteiger partial charge in [-0.05, 0) is 37.4 Å². The smallest absolute Gasteiger partial charge is 0.137 e. The van der Waals surface area contributed by atoms with Crippen LogP contribution in [0.25, 0.3) is 0 Å². The molecule has 0 aromatic carbocycles. The summed E-state index contributed by atoms with van der Waals surface area (Å²) in [6.45, 7) is 2.18. The summed E-state index contributed by atoms with van der Waals surface area (Å²) in [5, 5.41) is 2.29. The van der Waals surface area contributed by atoms with Gasteiger partial charge >= 0.3 is 0 Å². The first-order valence-electron chi connectivity index (χ1n) is 6.24. The third-order valence-corrected chi connectivity index (χ3v) is 3.43. The molecule has 1 aliphatic rings. The summed E-state index contributed by atoms with van der Waals surface area (Å²) >= 11 is 0. The third-order valence-electron chi connectivity index (χ3n) is 3.43.